The first kappa shape index (κ1) is 16.9. The Kier molecular flexibility index (Phi) is 9.28. The van der Waals surface area contributed by atoms with Crippen LogP contribution in [0.5, 0.6) is 0 Å². The summed E-state index contributed by atoms with van der Waals surface area (Å²) in [5, 5.41) is 18.5. The third-order valence-corrected chi connectivity index (χ3v) is 3.04. The van der Waals surface area contributed by atoms with Gasteiger partial charge < -0.3 is 5.11 Å². The highest BCUT2D eigenvalue weighted by atomic mass is 35.5. The first-order valence-corrected chi connectivity index (χ1v) is 6.57. The molecular weight excluding hydrogens is 258 g/mol. The summed E-state index contributed by atoms with van der Waals surface area (Å²) in [7, 11) is 0. The van der Waals surface area contributed by atoms with E-state index in [2.05, 4.69) is 6.92 Å². The van der Waals surface area contributed by atoms with E-state index in [1.165, 1.54) is 0 Å². The Bertz CT molecular complexity index is 294. The number of carboxylic acid groups (broad SMARTS) is 1. The minimum absolute atomic E-state index is 0.326. The Hall–Kier alpha value is -1.10. The van der Waals surface area contributed by atoms with Gasteiger partial charge >= 0.3 is 5.97 Å². The highest BCUT2D eigenvalue weighted by molar-refractivity contribution is 6.21. The molecule has 0 saturated heterocycles. The van der Waals surface area contributed by atoms with Gasteiger partial charge in [0.25, 0.3) is 0 Å². The van der Waals surface area contributed by atoms with Gasteiger partial charge in [-0.3, -0.25) is 14.9 Å². The van der Waals surface area contributed by atoms with Gasteiger partial charge in [-0.2, -0.15) is 0 Å². The first-order chi connectivity index (χ1) is 8.49. The monoisotopic (exact) mass is 277 g/mol. The maximum Gasteiger partial charge on any atom is 0.310 e. The fraction of sp³-hybridized carbons (Fsp3) is 0.750. The molecule has 6 heteroatoms. The molecule has 1 N–H and O–H groups in total. The third-order valence-electron chi connectivity index (χ3n) is 2.57. The molecule has 5 nitrogen and oxygen atoms in total. The number of rotatable bonds is 10. The predicted octanol–water partition coefficient (Wildman–Crippen LogP) is 3.24. The minimum Gasteiger partial charge on any atom is -0.481 e. The summed E-state index contributed by atoms with van der Waals surface area (Å²) in [6, 6.07) is -1.23. The van der Waals surface area contributed by atoms with Gasteiger partial charge in [0.15, 0.2) is 0 Å². The molecule has 0 heterocycles. The maximum atomic E-state index is 10.7. The zero-order valence-corrected chi connectivity index (χ0v) is 11.3. The Labute approximate surface area is 112 Å². The van der Waals surface area contributed by atoms with Crippen LogP contribution in [-0.4, -0.2) is 27.4 Å². The van der Waals surface area contributed by atoms with Crippen LogP contribution in [0.25, 0.3) is 0 Å². The average Bonchev–Trinajstić information content (AvgIpc) is 2.29. The molecule has 0 aromatic heterocycles. The number of carbonyl (C=O) groups is 1. The van der Waals surface area contributed by atoms with Crippen molar-refractivity contribution in [2.45, 2.75) is 56.9 Å². The average molecular weight is 278 g/mol. The number of allylic oxidation sites excluding steroid dienone is 2. The van der Waals surface area contributed by atoms with Gasteiger partial charge in [0.05, 0.1) is 0 Å². The summed E-state index contributed by atoms with van der Waals surface area (Å²) in [6.07, 6.45) is 7.86. The molecule has 2 atom stereocenters. The lowest BCUT2D eigenvalue weighted by Crippen LogP contribution is -2.32. The predicted molar refractivity (Wildman–Crippen MR) is 70.6 cm³/mol. The van der Waals surface area contributed by atoms with Crippen LogP contribution in [0, 0.1) is 10.1 Å². The number of hydrogen-bond donors (Lipinski definition) is 1. The van der Waals surface area contributed by atoms with Crippen molar-refractivity contribution in [3.8, 4) is 0 Å². The van der Waals surface area contributed by atoms with E-state index in [0.29, 0.717) is 6.42 Å². The molecular formula is C12H20ClNO4. The van der Waals surface area contributed by atoms with Crippen molar-refractivity contribution in [1.29, 1.82) is 0 Å². The highest BCUT2D eigenvalue weighted by Crippen LogP contribution is 2.15. The van der Waals surface area contributed by atoms with Gasteiger partial charge in [-0.1, -0.05) is 31.9 Å². The Balaban J connectivity index is 4.06. The van der Waals surface area contributed by atoms with Gasteiger partial charge in [0.2, 0.25) is 6.04 Å². The molecule has 0 aliphatic carbocycles. The van der Waals surface area contributed by atoms with Crippen molar-refractivity contribution < 1.29 is 14.8 Å². The number of unbranched alkanes of at least 4 members (excludes halogenated alkanes) is 3. The maximum absolute atomic E-state index is 10.7. The van der Waals surface area contributed by atoms with Gasteiger partial charge in [-0.25, -0.2) is 0 Å². The van der Waals surface area contributed by atoms with E-state index in [0.717, 1.165) is 25.7 Å². The normalized spacial score (nSPS) is 14.6. The van der Waals surface area contributed by atoms with Crippen LogP contribution < -0.4 is 0 Å². The van der Waals surface area contributed by atoms with Crippen LogP contribution in [0.1, 0.15) is 45.4 Å². The molecule has 18 heavy (non-hydrogen) atoms. The lowest BCUT2D eigenvalue weighted by atomic mass is 10.1. The standard InChI is InChI=1S/C12H20ClNO4/c1-2-3-4-5-6-7-8-10(13)11(14(17)18)9-12(15)16/h6-7,10-11H,2-5,8-9H2,1H3,(H,15,16). The summed E-state index contributed by atoms with van der Waals surface area (Å²) in [5.41, 5.74) is 0. The fourth-order valence-electron chi connectivity index (χ4n) is 1.53. The fourth-order valence-corrected chi connectivity index (χ4v) is 1.81. The number of aliphatic carboxylic acids is 1. The second-order valence-electron chi connectivity index (χ2n) is 4.17. The summed E-state index contributed by atoms with van der Waals surface area (Å²) in [6.45, 7) is 2.12. The summed E-state index contributed by atoms with van der Waals surface area (Å²) < 4.78 is 0. The van der Waals surface area contributed by atoms with Gasteiger partial charge in [-0.15, -0.1) is 11.6 Å². The van der Waals surface area contributed by atoms with Crippen molar-refractivity contribution in [2.75, 3.05) is 0 Å². The highest BCUT2D eigenvalue weighted by Gasteiger charge is 2.31. The lowest BCUT2D eigenvalue weighted by Gasteiger charge is -2.11. The molecule has 0 fully saturated rings. The molecule has 0 aliphatic rings. The van der Waals surface area contributed by atoms with Crippen molar-refractivity contribution in [3.63, 3.8) is 0 Å². The molecule has 0 rings (SSSR count). The SMILES string of the molecule is CCCCCC=CCC(Cl)C(CC(=O)O)[N+](=O)[O-]. The Morgan fingerprint density at radius 3 is 2.61 bits per heavy atom. The van der Waals surface area contributed by atoms with E-state index in [1.807, 2.05) is 6.08 Å². The number of nitro groups is 1. The molecule has 0 bridgehead atoms. The number of nitrogens with zero attached hydrogens (tertiary/aromatic N) is 1. The number of hydrogen-bond acceptors (Lipinski definition) is 3. The molecule has 0 aromatic carbocycles. The van der Waals surface area contributed by atoms with E-state index >= 15 is 0 Å². The summed E-state index contributed by atoms with van der Waals surface area (Å²) >= 11 is 5.87. The van der Waals surface area contributed by atoms with Crippen molar-refractivity contribution >= 4 is 17.6 Å². The minimum atomic E-state index is -1.23. The lowest BCUT2D eigenvalue weighted by molar-refractivity contribution is -0.521. The molecule has 0 spiro atoms. The zero-order chi connectivity index (χ0) is 14.0. The number of alkyl halides is 1. The smallest absolute Gasteiger partial charge is 0.310 e. The quantitative estimate of drug-likeness (QED) is 0.218. The third kappa shape index (κ3) is 8.06. The van der Waals surface area contributed by atoms with E-state index in [9.17, 15) is 14.9 Å². The van der Waals surface area contributed by atoms with Crippen molar-refractivity contribution in [1.82, 2.24) is 0 Å². The molecule has 104 valence electrons. The van der Waals surface area contributed by atoms with Crippen LogP contribution >= 0.6 is 11.6 Å². The molecule has 2 unspecified atom stereocenters. The van der Waals surface area contributed by atoms with E-state index < -0.39 is 28.7 Å². The molecule has 0 radical (unpaired) electrons. The molecule has 0 saturated carbocycles. The second-order valence-corrected chi connectivity index (χ2v) is 4.73. The largest absolute Gasteiger partial charge is 0.481 e. The van der Waals surface area contributed by atoms with Gasteiger partial charge in [-0.05, 0) is 19.3 Å². The number of halogens is 1. The van der Waals surface area contributed by atoms with E-state index in [1.54, 1.807) is 6.08 Å². The topological polar surface area (TPSA) is 80.4 Å². The van der Waals surface area contributed by atoms with E-state index in [4.69, 9.17) is 16.7 Å². The molecule has 0 aromatic rings. The second kappa shape index (κ2) is 9.88. The molecule has 0 amide bonds. The van der Waals surface area contributed by atoms with Crippen LogP contribution in [0.3, 0.4) is 0 Å². The zero-order valence-electron chi connectivity index (χ0n) is 10.5. The van der Waals surface area contributed by atoms with Crippen molar-refractivity contribution in [3.05, 3.63) is 22.3 Å². The Morgan fingerprint density at radius 2 is 2.11 bits per heavy atom. The summed E-state index contributed by atoms with van der Waals surface area (Å²) in [5.74, 6) is -1.20. The van der Waals surface area contributed by atoms with Gasteiger partial charge in [0, 0.05) is 4.92 Å². The number of carboxylic acids is 1. The summed E-state index contributed by atoms with van der Waals surface area (Å²) in [4.78, 5) is 20.6. The first-order valence-electron chi connectivity index (χ1n) is 6.13. The van der Waals surface area contributed by atoms with Crippen LogP contribution in [0.4, 0.5) is 0 Å². The van der Waals surface area contributed by atoms with Crippen molar-refractivity contribution in [2.24, 2.45) is 0 Å². The molecule has 0 aliphatic heterocycles. The van der Waals surface area contributed by atoms with Crippen LogP contribution in [0.15, 0.2) is 12.2 Å². The van der Waals surface area contributed by atoms with Gasteiger partial charge in [0.1, 0.15) is 11.8 Å². The van der Waals surface area contributed by atoms with E-state index in [-0.39, 0.29) is 0 Å². The Morgan fingerprint density at radius 1 is 1.44 bits per heavy atom. The van der Waals surface area contributed by atoms with Crippen LogP contribution in [-0.2, 0) is 4.79 Å². The van der Waals surface area contributed by atoms with Crippen LogP contribution in [0.2, 0.25) is 0 Å².